The van der Waals surface area contributed by atoms with Crippen molar-refractivity contribution in [1.82, 2.24) is 4.98 Å². The number of ether oxygens (including phenoxy) is 1. The first-order chi connectivity index (χ1) is 12.6. The molecule has 1 aromatic heterocycles. The zero-order chi connectivity index (χ0) is 18.5. The maximum atomic E-state index is 12.8. The number of carbonyl (C=O) groups is 1. The van der Waals surface area contributed by atoms with Gasteiger partial charge in [-0.3, -0.25) is 4.79 Å². The lowest BCUT2D eigenvalue weighted by Gasteiger charge is -2.12. The van der Waals surface area contributed by atoms with Crippen molar-refractivity contribution in [3.8, 4) is 5.75 Å². The van der Waals surface area contributed by atoms with Gasteiger partial charge in [-0.05, 0) is 55.8 Å². The van der Waals surface area contributed by atoms with Crippen molar-refractivity contribution in [3.63, 3.8) is 0 Å². The molecule has 132 valence electrons. The van der Waals surface area contributed by atoms with Gasteiger partial charge in [0.2, 0.25) is 0 Å². The molecule has 1 N–H and O–H groups in total. The number of methoxy groups -OCH3 is 1. The van der Waals surface area contributed by atoms with E-state index in [4.69, 9.17) is 4.74 Å². The first-order valence-corrected chi connectivity index (χ1v) is 9.04. The minimum Gasteiger partial charge on any atom is -0.495 e. The van der Waals surface area contributed by atoms with E-state index in [1.54, 1.807) is 25.4 Å². The van der Waals surface area contributed by atoms with E-state index in [0.717, 1.165) is 10.5 Å². The molecular weight excluding hydrogens is 344 g/mol. The summed E-state index contributed by atoms with van der Waals surface area (Å²) in [7, 11) is 1.59. The number of aromatic nitrogens is 1. The van der Waals surface area contributed by atoms with Crippen molar-refractivity contribution >= 4 is 23.4 Å². The molecule has 0 saturated heterocycles. The Bertz CT molecular complexity index is 924. The molecule has 0 aliphatic carbocycles. The lowest BCUT2D eigenvalue weighted by molar-refractivity contribution is 0.102. The van der Waals surface area contributed by atoms with Crippen LogP contribution in [-0.2, 0) is 0 Å². The van der Waals surface area contributed by atoms with Crippen molar-refractivity contribution in [3.05, 3.63) is 77.5 Å². The molecule has 0 radical (unpaired) electrons. The van der Waals surface area contributed by atoms with Crippen molar-refractivity contribution in [2.24, 2.45) is 0 Å². The number of benzene rings is 2. The summed E-state index contributed by atoms with van der Waals surface area (Å²) in [5.74, 6) is 0.414. The van der Waals surface area contributed by atoms with Crippen LogP contribution >= 0.6 is 11.8 Å². The number of anilines is 1. The molecule has 0 aliphatic rings. The Kier molecular flexibility index (Phi) is 5.58. The van der Waals surface area contributed by atoms with Gasteiger partial charge in [0.1, 0.15) is 10.8 Å². The predicted octanol–water partition coefficient (Wildman–Crippen LogP) is 5.11. The zero-order valence-corrected chi connectivity index (χ0v) is 15.8. The van der Waals surface area contributed by atoms with Crippen LogP contribution in [0.1, 0.15) is 21.5 Å². The summed E-state index contributed by atoms with van der Waals surface area (Å²) in [5, 5.41) is 3.60. The molecule has 3 rings (SSSR count). The zero-order valence-electron chi connectivity index (χ0n) is 14.9. The second-order valence-corrected chi connectivity index (χ2v) is 6.99. The highest BCUT2D eigenvalue weighted by Gasteiger charge is 2.15. The Morgan fingerprint density at radius 2 is 1.77 bits per heavy atom. The third-order valence-corrected chi connectivity index (χ3v) is 4.88. The van der Waals surface area contributed by atoms with E-state index in [-0.39, 0.29) is 5.91 Å². The normalized spacial score (nSPS) is 10.4. The number of hydrogen-bond acceptors (Lipinski definition) is 4. The number of nitrogens with one attached hydrogen (secondary N) is 1. The smallest absolute Gasteiger partial charge is 0.258 e. The van der Waals surface area contributed by atoms with Crippen LogP contribution in [0.25, 0.3) is 0 Å². The fourth-order valence-electron chi connectivity index (χ4n) is 2.47. The van der Waals surface area contributed by atoms with Crippen LogP contribution in [0.4, 0.5) is 5.69 Å². The molecule has 3 aromatic rings. The van der Waals surface area contributed by atoms with Gasteiger partial charge in [-0.1, -0.05) is 35.5 Å². The van der Waals surface area contributed by atoms with Gasteiger partial charge < -0.3 is 10.1 Å². The summed E-state index contributed by atoms with van der Waals surface area (Å²) in [4.78, 5) is 18.3. The second kappa shape index (κ2) is 8.06. The minimum absolute atomic E-state index is 0.211. The minimum atomic E-state index is -0.211. The first kappa shape index (κ1) is 18.0. The number of amides is 1. The van der Waals surface area contributed by atoms with E-state index < -0.39 is 0 Å². The van der Waals surface area contributed by atoms with Crippen LogP contribution in [0, 0.1) is 13.8 Å². The number of rotatable bonds is 5. The molecule has 0 saturated carbocycles. The number of aryl methyl sites for hydroxylation is 2. The van der Waals surface area contributed by atoms with E-state index in [1.807, 2.05) is 56.3 Å². The van der Waals surface area contributed by atoms with Crippen LogP contribution in [0.3, 0.4) is 0 Å². The Morgan fingerprint density at radius 1 is 1.04 bits per heavy atom. The van der Waals surface area contributed by atoms with Gasteiger partial charge in [-0.25, -0.2) is 4.98 Å². The predicted molar refractivity (Wildman–Crippen MR) is 105 cm³/mol. The van der Waals surface area contributed by atoms with Gasteiger partial charge in [-0.2, -0.15) is 0 Å². The molecule has 5 heteroatoms. The fourth-order valence-corrected chi connectivity index (χ4v) is 3.35. The van der Waals surface area contributed by atoms with Crippen molar-refractivity contribution in [2.75, 3.05) is 12.4 Å². The SMILES string of the molecule is COc1ccc(C)cc1NC(=O)c1cccnc1Sc1ccc(C)cc1. The average molecular weight is 364 g/mol. The Balaban J connectivity index is 1.86. The molecule has 26 heavy (non-hydrogen) atoms. The molecular formula is C21H20N2O2S. The van der Waals surface area contributed by atoms with Crippen molar-refractivity contribution in [1.29, 1.82) is 0 Å². The molecule has 0 atom stereocenters. The van der Waals surface area contributed by atoms with Gasteiger partial charge in [-0.15, -0.1) is 0 Å². The summed E-state index contributed by atoms with van der Waals surface area (Å²) in [6.07, 6.45) is 1.69. The summed E-state index contributed by atoms with van der Waals surface area (Å²) < 4.78 is 5.34. The summed E-state index contributed by atoms with van der Waals surface area (Å²) >= 11 is 1.47. The maximum absolute atomic E-state index is 12.8. The van der Waals surface area contributed by atoms with Gasteiger partial charge >= 0.3 is 0 Å². The van der Waals surface area contributed by atoms with Gasteiger partial charge in [0.25, 0.3) is 5.91 Å². The third-order valence-electron chi connectivity index (χ3n) is 3.85. The quantitative estimate of drug-likeness (QED) is 0.683. The molecule has 0 spiro atoms. The van der Waals surface area contributed by atoms with E-state index in [2.05, 4.69) is 10.3 Å². The largest absolute Gasteiger partial charge is 0.495 e. The standard InChI is InChI=1S/C21H20N2O2S/c1-14-6-9-16(10-7-14)26-21-17(5-4-12-22-21)20(24)23-18-13-15(2)8-11-19(18)25-3/h4-13H,1-3H3,(H,23,24). The molecule has 0 fully saturated rings. The number of nitrogens with zero attached hydrogens (tertiary/aromatic N) is 1. The monoisotopic (exact) mass is 364 g/mol. The van der Waals surface area contributed by atoms with Gasteiger partial charge in [0.15, 0.2) is 0 Å². The van der Waals surface area contributed by atoms with Crippen molar-refractivity contribution in [2.45, 2.75) is 23.8 Å². The maximum Gasteiger partial charge on any atom is 0.258 e. The molecule has 0 aliphatic heterocycles. The van der Waals surface area contributed by atoms with Crippen LogP contribution in [0.15, 0.2) is 70.7 Å². The summed E-state index contributed by atoms with van der Waals surface area (Å²) in [6, 6.07) is 17.4. The molecule has 4 nitrogen and oxygen atoms in total. The Morgan fingerprint density at radius 3 is 2.50 bits per heavy atom. The van der Waals surface area contributed by atoms with Crippen LogP contribution in [0.2, 0.25) is 0 Å². The Labute approximate surface area is 157 Å². The lowest BCUT2D eigenvalue weighted by Crippen LogP contribution is -2.14. The topological polar surface area (TPSA) is 51.2 Å². The number of pyridine rings is 1. The Hall–Kier alpha value is -2.79. The second-order valence-electron chi connectivity index (χ2n) is 5.93. The van der Waals surface area contributed by atoms with E-state index in [0.29, 0.717) is 22.0 Å². The van der Waals surface area contributed by atoms with E-state index in [1.165, 1.54) is 17.3 Å². The molecule has 1 heterocycles. The van der Waals surface area contributed by atoms with Crippen LogP contribution in [0.5, 0.6) is 5.75 Å². The fraction of sp³-hybridized carbons (Fsp3) is 0.143. The molecule has 0 unspecified atom stereocenters. The van der Waals surface area contributed by atoms with Crippen molar-refractivity contribution < 1.29 is 9.53 Å². The third kappa shape index (κ3) is 4.24. The van der Waals surface area contributed by atoms with Gasteiger partial charge in [0.05, 0.1) is 18.4 Å². The highest BCUT2D eigenvalue weighted by molar-refractivity contribution is 7.99. The number of carbonyl (C=O) groups excluding carboxylic acids is 1. The summed E-state index contributed by atoms with van der Waals surface area (Å²) in [5.41, 5.74) is 3.41. The first-order valence-electron chi connectivity index (χ1n) is 8.22. The molecule has 2 aromatic carbocycles. The molecule has 0 bridgehead atoms. The van der Waals surface area contributed by atoms with Crippen LogP contribution < -0.4 is 10.1 Å². The van der Waals surface area contributed by atoms with E-state index in [9.17, 15) is 4.79 Å². The average Bonchev–Trinajstić information content (AvgIpc) is 2.64. The van der Waals surface area contributed by atoms with E-state index >= 15 is 0 Å². The molecule has 1 amide bonds. The number of hydrogen-bond donors (Lipinski definition) is 1. The lowest BCUT2D eigenvalue weighted by atomic mass is 10.2. The highest BCUT2D eigenvalue weighted by atomic mass is 32.2. The highest BCUT2D eigenvalue weighted by Crippen LogP contribution is 2.30. The van der Waals surface area contributed by atoms with Gasteiger partial charge in [0, 0.05) is 11.1 Å². The summed E-state index contributed by atoms with van der Waals surface area (Å²) in [6.45, 7) is 4.02. The van der Waals surface area contributed by atoms with Crippen LogP contribution in [-0.4, -0.2) is 18.0 Å².